The van der Waals surface area contributed by atoms with Crippen molar-refractivity contribution >= 4 is 27.3 Å². The Morgan fingerprint density at radius 2 is 2.07 bits per heavy atom. The normalized spacial score (nSPS) is 15.4. The highest BCUT2D eigenvalue weighted by molar-refractivity contribution is 7.92. The van der Waals surface area contributed by atoms with Gasteiger partial charge in [0.15, 0.2) is 0 Å². The number of fused-ring (bicyclic) bond motifs is 1. The van der Waals surface area contributed by atoms with E-state index in [0.717, 1.165) is 17.7 Å². The Labute approximate surface area is 94.7 Å². The van der Waals surface area contributed by atoms with Crippen LogP contribution >= 0.6 is 11.6 Å². The molecule has 2 rings (SSSR count). The van der Waals surface area contributed by atoms with Gasteiger partial charge in [0.05, 0.1) is 11.4 Å². The molecule has 0 radical (unpaired) electrons. The van der Waals surface area contributed by atoms with Crippen LogP contribution in [0.15, 0.2) is 24.3 Å². The van der Waals surface area contributed by atoms with Crippen LogP contribution in [-0.2, 0) is 16.4 Å². The molecule has 1 heterocycles. The molecule has 0 unspecified atom stereocenters. The Balaban J connectivity index is 2.36. The molecule has 15 heavy (non-hydrogen) atoms. The standard InChI is InChI=1S/C10H12ClNO2S/c11-6-8-15(13,14)12-7-5-9-3-1-2-4-10(9)12/h1-4H,5-8H2. The summed E-state index contributed by atoms with van der Waals surface area (Å²) in [6.07, 6.45) is 0.789. The Morgan fingerprint density at radius 3 is 2.80 bits per heavy atom. The predicted molar refractivity (Wildman–Crippen MR) is 62.0 cm³/mol. The molecule has 3 nitrogen and oxygen atoms in total. The van der Waals surface area contributed by atoms with Gasteiger partial charge in [0.1, 0.15) is 0 Å². The number of alkyl halides is 1. The molecule has 1 aromatic carbocycles. The Kier molecular flexibility index (Phi) is 2.89. The molecule has 1 aromatic rings. The van der Waals surface area contributed by atoms with Crippen molar-refractivity contribution in [1.82, 2.24) is 0 Å². The maximum atomic E-state index is 11.8. The summed E-state index contributed by atoms with van der Waals surface area (Å²) >= 11 is 5.49. The summed E-state index contributed by atoms with van der Waals surface area (Å²) in [5.41, 5.74) is 1.90. The summed E-state index contributed by atoms with van der Waals surface area (Å²) in [5.74, 6) is 0.143. The molecule has 0 saturated heterocycles. The lowest BCUT2D eigenvalue weighted by Gasteiger charge is -2.18. The van der Waals surface area contributed by atoms with Gasteiger partial charge in [-0.1, -0.05) is 18.2 Å². The molecule has 5 heteroatoms. The van der Waals surface area contributed by atoms with E-state index in [-0.39, 0.29) is 11.6 Å². The lowest BCUT2D eigenvalue weighted by atomic mass is 10.2. The van der Waals surface area contributed by atoms with Gasteiger partial charge in [-0.3, -0.25) is 4.31 Å². The fourth-order valence-corrected chi connectivity index (χ4v) is 3.65. The van der Waals surface area contributed by atoms with Gasteiger partial charge in [-0.15, -0.1) is 11.6 Å². The van der Waals surface area contributed by atoms with Crippen LogP contribution in [0.1, 0.15) is 5.56 Å². The number of rotatable bonds is 3. The van der Waals surface area contributed by atoms with Crippen molar-refractivity contribution in [2.24, 2.45) is 0 Å². The zero-order chi connectivity index (χ0) is 10.9. The van der Waals surface area contributed by atoms with Crippen molar-refractivity contribution in [3.8, 4) is 0 Å². The van der Waals surface area contributed by atoms with E-state index in [1.807, 2.05) is 24.3 Å². The number of anilines is 1. The molecule has 0 aromatic heterocycles. The largest absolute Gasteiger partial charge is 0.270 e. The van der Waals surface area contributed by atoms with Crippen LogP contribution in [0.25, 0.3) is 0 Å². The Bertz CT molecular complexity index is 458. The van der Waals surface area contributed by atoms with Gasteiger partial charge in [-0.2, -0.15) is 0 Å². The van der Waals surface area contributed by atoms with Gasteiger partial charge >= 0.3 is 0 Å². The van der Waals surface area contributed by atoms with Crippen molar-refractivity contribution in [3.63, 3.8) is 0 Å². The monoisotopic (exact) mass is 245 g/mol. The van der Waals surface area contributed by atoms with E-state index in [0.29, 0.717) is 6.54 Å². The average molecular weight is 246 g/mol. The van der Waals surface area contributed by atoms with Crippen LogP contribution in [0, 0.1) is 0 Å². The number of hydrogen-bond donors (Lipinski definition) is 0. The second kappa shape index (κ2) is 4.02. The molecule has 0 N–H and O–H groups in total. The molecule has 0 spiro atoms. The molecule has 0 amide bonds. The third-order valence-electron chi connectivity index (χ3n) is 2.52. The zero-order valence-corrected chi connectivity index (χ0v) is 9.76. The fourth-order valence-electron chi connectivity index (χ4n) is 1.80. The number of hydrogen-bond acceptors (Lipinski definition) is 2. The lowest BCUT2D eigenvalue weighted by molar-refractivity contribution is 0.594. The second-order valence-electron chi connectivity index (χ2n) is 3.46. The van der Waals surface area contributed by atoms with Crippen LogP contribution in [0.4, 0.5) is 5.69 Å². The maximum Gasteiger partial charge on any atom is 0.236 e. The molecule has 0 atom stereocenters. The number of nitrogens with zero attached hydrogens (tertiary/aromatic N) is 1. The summed E-state index contributed by atoms with van der Waals surface area (Å²) in [6, 6.07) is 7.59. The van der Waals surface area contributed by atoms with Crippen LogP contribution in [0.5, 0.6) is 0 Å². The molecule has 0 aliphatic carbocycles. The van der Waals surface area contributed by atoms with Crippen LogP contribution in [-0.4, -0.2) is 26.6 Å². The SMILES string of the molecule is O=S(=O)(CCCl)N1CCc2ccccc21. The van der Waals surface area contributed by atoms with Gasteiger partial charge in [-0.25, -0.2) is 8.42 Å². The number of halogens is 1. The van der Waals surface area contributed by atoms with Crippen molar-refractivity contribution < 1.29 is 8.42 Å². The summed E-state index contributed by atoms with van der Waals surface area (Å²) in [7, 11) is -3.22. The predicted octanol–water partition coefficient (Wildman–Crippen LogP) is 1.62. The average Bonchev–Trinajstić information content (AvgIpc) is 2.61. The number of para-hydroxylation sites is 1. The molecular formula is C10H12ClNO2S. The summed E-state index contributed by atoms with van der Waals surface area (Å²) in [5, 5.41) is 0. The van der Waals surface area contributed by atoms with E-state index in [4.69, 9.17) is 11.6 Å². The third-order valence-corrected chi connectivity index (χ3v) is 4.70. The lowest BCUT2D eigenvalue weighted by Crippen LogP contribution is -2.31. The smallest absolute Gasteiger partial charge is 0.236 e. The molecule has 1 aliphatic heterocycles. The van der Waals surface area contributed by atoms with Crippen molar-refractivity contribution in [1.29, 1.82) is 0 Å². The first kappa shape index (κ1) is 10.8. The van der Waals surface area contributed by atoms with E-state index < -0.39 is 10.0 Å². The van der Waals surface area contributed by atoms with Gasteiger partial charge < -0.3 is 0 Å². The summed E-state index contributed by atoms with van der Waals surface area (Å²) < 4.78 is 25.1. The van der Waals surface area contributed by atoms with Gasteiger partial charge in [0.25, 0.3) is 0 Å². The van der Waals surface area contributed by atoms with Crippen LogP contribution in [0.3, 0.4) is 0 Å². The van der Waals surface area contributed by atoms with E-state index in [1.165, 1.54) is 4.31 Å². The summed E-state index contributed by atoms with van der Waals surface area (Å²) in [6.45, 7) is 0.540. The molecule has 0 bridgehead atoms. The molecule has 1 aliphatic rings. The highest BCUT2D eigenvalue weighted by atomic mass is 35.5. The molecule has 0 fully saturated rings. The van der Waals surface area contributed by atoms with E-state index in [9.17, 15) is 8.42 Å². The second-order valence-corrected chi connectivity index (χ2v) is 5.85. The number of benzene rings is 1. The van der Waals surface area contributed by atoms with Gasteiger partial charge in [0.2, 0.25) is 10.0 Å². The minimum Gasteiger partial charge on any atom is -0.270 e. The topological polar surface area (TPSA) is 37.4 Å². The Morgan fingerprint density at radius 1 is 1.33 bits per heavy atom. The zero-order valence-electron chi connectivity index (χ0n) is 8.19. The van der Waals surface area contributed by atoms with Crippen molar-refractivity contribution in [2.45, 2.75) is 6.42 Å². The highest BCUT2D eigenvalue weighted by Crippen LogP contribution is 2.29. The fraction of sp³-hybridized carbons (Fsp3) is 0.400. The van der Waals surface area contributed by atoms with Crippen molar-refractivity contribution in [3.05, 3.63) is 29.8 Å². The number of sulfonamides is 1. The molecule has 82 valence electrons. The quantitative estimate of drug-likeness (QED) is 0.759. The summed E-state index contributed by atoms with van der Waals surface area (Å²) in [4.78, 5) is 0. The van der Waals surface area contributed by atoms with Crippen LogP contribution < -0.4 is 4.31 Å². The first-order valence-corrected chi connectivity index (χ1v) is 6.94. The third kappa shape index (κ3) is 1.96. The van der Waals surface area contributed by atoms with Gasteiger partial charge in [-0.05, 0) is 18.1 Å². The van der Waals surface area contributed by atoms with E-state index >= 15 is 0 Å². The maximum absolute atomic E-state index is 11.8. The minimum absolute atomic E-state index is 0.00287. The first-order valence-electron chi connectivity index (χ1n) is 4.79. The molecular weight excluding hydrogens is 234 g/mol. The minimum atomic E-state index is -3.22. The highest BCUT2D eigenvalue weighted by Gasteiger charge is 2.28. The van der Waals surface area contributed by atoms with E-state index in [2.05, 4.69) is 0 Å². The van der Waals surface area contributed by atoms with Gasteiger partial charge in [0, 0.05) is 12.4 Å². The van der Waals surface area contributed by atoms with Crippen molar-refractivity contribution in [2.75, 3.05) is 22.5 Å². The molecule has 0 saturated carbocycles. The van der Waals surface area contributed by atoms with E-state index in [1.54, 1.807) is 0 Å². The van der Waals surface area contributed by atoms with Crippen LogP contribution in [0.2, 0.25) is 0 Å². The Hall–Kier alpha value is -0.740. The first-order chi connectivity index (χ1) is 7.15.